The maximum atomic E-state index is 13.5. The number of ether oxygens (including phenoxy) is 1. The number of methoxy groups -OCH3 is 1. The average molecular weight is 423 g/mol. The van der Waals surface area contributed by atoms with E-state index in [1.54, 1.807) is 41.3 Å². The maximum absolute atomic E-state index is 13.5. The predicted molar refractivity (Wildman–Crippen MR) is 113 cm³/mol. The van der Waals surface area contributed by atoms with Crippen LogP contribution in [-0.4, -0.2) is 54.0 Å². The zero-order valence-corrected chi connectivity index (χ0v) is 17.2. The van der Waals surface area contributed by atoms with Gasteiger partial charge in [-0.05, 0) is 41.5 Å². The van der Waals surface area contributed by atoms with Gasteiger partial charge < -0.3 is 9.64 Å². The van der Waals surface area contributed by atoms with Crippen LogP contribution in [0.2, 0.25) is 0 Å². The summed E-state index contributed by atoms with van der Waals surface area (Å²) >= 11 is 0. The normalized spacial score (nSPS) is 14.6. The monoisotopic (exact) mass is 423 g/mol. The fourth-order valence-corrected chi connectivity index (χ4v) is 3.90. The summed E-state index contributed by atoms with van der Waals surface area (Å²) in [7, 11) is 1.53. The van der Waals surface area contributed by atoms with Crippen molar-refractivity contribution in [1.82, 2.24) is 14.8 Å². The Labute approximate surface area is 179 Å². The molecule has 5 nitrogen and oxygen atoms in total. The predicted octanol–water partition coefficient (Wildman–Crippen LogP) is 3.92. The number of piperazine rings is 1. The van der Waals surface area contributed by atoms with Crippen LogP contribution < -0.4 is 4.74 Å². The van der Waals surface area contributed by atoms with E-state index in [-0.39, 0.29) is 23.6 Å². The molecule has 3 aromatic rings. The van der Waals surface area contributed by atoms with Crippen molar-refractivity contribution >= 4 is 5.91 Å². The van der Waals surface area contributed by atoms with Crippen LogP contribution in [0.15, 0.2) is 66.9 Å². The van der Waals surface area contributed by atoms with Crippen molar-refractivity contribution in [2.75, 3.05) is 33.3 Å². The van der Waals surface area contributed by atoms with Crippen LogP contribution in [0.3, 0.4) is 0 Å². The van der Waals surface area contributed by atoms with Crippen molar-refractivity contribution in [3.05, 3.63) is 95.2 Å². The molecule has 0 radical (unpaired) electrons. The molecule has 0 aliphatic carbocycles. The highest BCUT2D eigenvalue weighted by molar-refractivity contribution is 5.94. The van der Waals surface area contributed by atoms with Crippen LogP contribution in [-0.2, 0) is 0 Å². The van der Waals surface area contributed by atoms with Crippen LogP contribution in [0.1, 0.15) is 27.5 Å². The average Bonchev–Trinajstić information content (AvgIpc) is 2.82. The number of carbonyl (C=O) groups excluding carboxylic acids is 1. The molecule has 1 aliphatic heterocycles. The number of benzene rings is 2. The van der Waals surface area contributed by atoms with Gasteiger partial charge in [-0.2, -0.15) is 0 Å². The lowest BCUT2D eigenvalue weighted by Gasteiger charge is -2.39. The number of hydrogen-bond acceptors (Lipinski definition) is 4. The fraction of sp³-hybridized carbons (Fsp3) is 0.250. The number of rotatable bonds is 5. The molecule has 0 atom stereocenters. The van der Waals surface area contributed by atoms with Crippen LogP contribution in [0.5, 0.6) is 5.88 Å². The summed E-state index contributed by atoms with van der Waals surface area (Å²) in [6, 6.07) is 16.0. The quantitative estimate of drug-likeness (QED) is 0.624. The zero-order chi connectivity index (χ0) is 21.8. The Morgan fingerprint density at radius 3 is 1.87 bits per heavy atom. The van der Waals surface area contributed by atoms with Gasteiger partial charge in [0.25, 0.3) is 5.91 Å². The maximum Gasteiger partial charge on any atom is 0.255 e. The highest BCUT2D eigenvalue weighted by Crippen LogP contribution is 2.30. The first kappa shape index (κ1) is 20.9. The van der Waals surface area contributed by atoms with Gasteiger partial charge in [0.05, 0.1) is 18.7 Å². The summed E-state index contributed by atoms with van der Waals surface area (Å²) in [4.78, 5) is 21.0. The minimum Gasteiger partial charge on any atom is -0.481 e. The Morgan fingerprint density at radius 2 is 1.42 bits per heavy atom. The van der Waals surface area contributed by atoms with E-state index in [1.165, 1.54) is 37.6 Å². The molecule has 160 valence electrons. The summed E-state index contributed by atoms with van der Waals surface area (Å²) in [5.41, 5.74) is 2.36. The zero-order valence-electron chi connectivity index (χ0n) is 17.2. The highest BCUT2D eigenvalue weighted by atomic mass is 19.1. The highest BCUT2D eigenvalue weighted by Gasteiger charge is 2.28. The lowest BCUT2D eigenvalue weighted by atomic mass is 9.96. The minimum atomic E-state index is -0.301. The molecular weight excluding hydrogens is 400 g/mol. The van der Waals surface area contributed by atoms with Crippen molar-refractivity contribution in [2.24, 2.45) is 0 Å². The number of nitrogens with zero attached hydrogens (tertiary/aromatic N) is 3. The van der Waals surface area contributed by atoms with E-state index in [4.69, 9.17) is 4.74 Å². The van der Waals surface area contributed by atoms with E-state index in [0.717, 1.165) is 11.1 Å². The third-order valence-corrected chi connectivity index (χ3v) is 5.53. The summed E-state index contributed by atoms with van der Waals surface area (Å²) in [6.45, 7) is 2.36. The van der Waals surface area contributed by atoms with Crippen molar-refractivity contribution in [3.63, 3.8) is 0 Å². The molecule has 0 spiro atoms. The largest absolute Gasteiger partial charge is 0.481 e. The first-order valence-electron chi connectivity index (χ1n) is 10.1. The Bertz CT molecular complexity index is 971. The third kappa shape index (κ3) is 4.72. The molecule has 2 heterocycles. The van der Waals surface area contributed by atoms with Gasteiger partial charge in [-0.25, -0.2) is 13.8 Å². The summed E-state index contributed by atoms with van der Waals surface area (Å²) in [5.74, 6) is -0.215. The van der Waals surface area contributed by atoms with E-state index in [0.29, 0.717) is 37.6 Å². The summed E-state index contributed by atoms with van der Waals surface area (Å²) in [6.07, 6.45) is 1.52. The molecule has 2 aromatic carbocycles. The molecule has 1 amide bonds. The molecule has 4 rings (SSSR count). The number of hydrogen-bond donors (Lipinski definition) is 0. The topological polar surface area (TPSA) is 45.7 Å². The SMILES string of the molecule is COc1ccc(C(=O)N2CCN(C(c3ccc(F)cc3)c3ccc(F)cc3)CC2)cn1. The summed E-state index contributed by atoms with van der Waals surface area (Å²) in [5, 5.41) is 0. The second-order valence-corrected chi connectivity index (χ2v) is 7.42. The standard InChI is InChI=1S/C24H23F2N3O2/c1-31-22-11-6-19(16-27-22)24(30)29-14-12-28(13-15-29)23(17-2-7-20(25)8-3-17)18-4-9-21(26)10-5-18/h2-11,16,23H,12-15H2,1H3. The minimum absolute atomic E-state index is 0.0742. The van der Waals surface area contributed by atoms with E-state index in [9.17, 15) is 13.6 Å². The second-order valence-electron chi connectivity index (χ2n) is 7.42. The molecule has 0 unspecified atom stereocenters. The van der Waals surface area contributed by atoms with Gasteiger partial charge in [-0.3, -0.25) is 9.69 Å². The van der Waals surface area contributed by atoms with Crippen LogP contribution in [0, 0.1) is 11.6 Å². The molecule has 0 N–H and O–H groups in total. The van der Waals surface area contributed by atoms with Gasteiger partial charge in [0.1, 0.15) is 11.6 Å². The van der Waals surface area contributed by atoms with Crippen molar-refractivity contribution in [1.29, 1.82) is 0 Å². The van der Waals surface area contributed by atoms with Gasteiger partial charge >= 0.3 is 0 Å². The Morgan fingerprint density at radius 1 is 0.871 bits per heavy atom. The smallest absolute Gasteiger partial charge is 0.255 e. The van der Waals surface area contributed by atoms with E-state index in [2.05, 4.69) is 9.88 Å². The van der Waals surface area contributed by atoms with Crippen LogP contribution in [0.4, 0.5) is 8.78 Å². The van der Waals surface area contributed by atoms with Crippen molar-refractivity contribution < 1.29 is 18.3 Å². The fourth-order valence-electron chi connectivity index (χ4n) is 3.90. The van der Waals surface area contributed by atoms with E-state index < -0.39 is 0 Å². The van der Waals surface area contributed by atoms with Gasteiger partial charge in [-0.1, -0.05) is 24.3 Å². The van der Waals surface area contributed by atoms with E-state index >= 15 is 0 Å². The molecule has 1 aliphatic rings. The summed E-state index contributed by atoms with van der Waals surface area (Å²) < 4.78 is 32.0. The molecule has 0 saturated carbocycles. The first-order valence-corrected chi connectivity index (χ1v) is 10.1. The van der Waals surface area contributed by atoms with Gasteiger partial charge in [-0.15, -0.1) is 0 Å². The number of pyridine rings is 1. The number of halogens is 2. The number of amides is 1. The lowest BCUT2D eigenvalue weighted by molar-refractivity contribution is 0.0596. The van der Waals surface area contributed by atoms with Crippen LogP contribution in [0.25, 0.3) is 0 Å². The second kappa shape index (κ2) is 9.22. The Balaban J connectivity index is 1.51. The molecule has 0 bridgehead atoms. The number of carbonyl (C=O) groups is 1. The van der Waals surface area contributed by atoms with Crippen molar-refractivity contribution in [3.8, 4) is 5.88 Å². The van der Waals surface area contributed by atoms with E-state index in [1.807, 2.05) is 0 Å². The molecule has 7 heteroatoms. The lowest BCUT2D eigenvalue weighted by Crippen LogP contribution is -2.49. The Kier molecular flexibility index (Phi) is 6.23. The molecule has 31 heavy (non-hydrogen) atoms. The molecule has 1 saturated heterocycles. The van der Waals surface area contributed by atoms with Crippen molar-refractivity contribution in [2.45, 2.75) is 6.04 Å². The molecular formula is C24H23F2N3O2. The number of aromatic nitrogens is 1. The van der Waals surface area contributed by atoms with Gasteiger partial charge in [0, 0.05) is 38.4 Å². The first-order chi connectivity index (χ1) is 15.0. The molecule has 1 aromatic heterocycles. The molecule has 1 fully saturated rings. The Hall–Kier alpha value is -3.32. The van der Waals surface area contributed by atoms with Crippen LogP contribution >= 0.6 is 0 Å². The third-order valence-electron chi connectivity index (χ3n) is 5.53. The van der Waals surface area contributed by atoms with Gasteiger partial charge in [0.2, 0.25) is 5.88 Å². The van der Waals surface area contributed by atoms with Gasteiger partial charge in [0.15, 0.2) is 0 Å².